The number of hydrogen-bond donors (Lipinski definition) is 3. The van der Waals surface area contributed by atoms with E-state index in [-0.39, 0.29) is 17.7 Å². The first-order valence-corrected chi connectivity index (χ1v) is 10.5. The Morgan fingerprint density at radius 2 is 1.79 bits per heavy atom. The van der Waals surface area contributed by atoms with E-state index in [4.69, 9.17) is 5.73 Å². The van der Waals surface area contributed by atoms with Gasteiger partial charge >= 0.3 is 5.97 Å². The molecule has 0 unspecified atom stereocenters. The summed E-state index contributed by atoms with van der Waals surface area (Å²) in [5, 5.41) is 12.9. The van der Waals surface area contributed by atoms with Crippen molar-refractivity contribution in [3.8, 4) is 10.4 Å². The number of aryl methyl sites for hydroxylation is 1. The first kappa shape index (κ1) is 18.1. The number of fused-ring (bicyclic) bond motifs is 5. The quantitative estimate of drug-likeness (QED) is 0.675. The highest BCUT2D eigenvalue weighted by atomic mass is 32.1. The molecule has 7 heteroatoms. The highest BCUT2D eigenvalue weighted by Crippen LogP contribution is 2.50. The fraction of sp³-hybridized carbons (Fsp3) is 0.318. The molecule has 2 amide bonds. The van der Waals surface area contributed by atoms with E-state index >= 15 is 0 Å². The highest BCUT2D eigenvalue weighted by molar-refractivity contribution is 7.20. The van der Waals surface area contributed by atoms with Crippen molar-refractivity contribution in [2.45, 2.75) is 19.3 Å². The lowest BCUT2D eigenvalue weighted by Crippen LogP contribution is -2.36. The van der Waals surface area contributed by atoms with Gasteiger partial charge in [-0.1, -0.05) is 36.4 Å². The molecular formula is C22H20N2O4S. The van der Waals surface area contributed by atoms with Gasteiger partial charge in [0.05, 0.1) is 17.4 Å². The number of benzene rings is 1. The number of nitrogens with two attached hydrogens (primary N) is 1. The van der Waals surface area contributed by atoms with E-state index in [1.807, 2.05) is 30.4 Å². The Bertz CT molecular complexity index is 1090. The molecule has 4 atom stereocenters. The van der Waals surface area contributed by atoms with Gasteiger partial charge in [0.1, 0.15) is 5.00 Å². The van der Waals surface area contributed by atoms with Crippen LogP contribution in [0.5, 0.6) is 0 Å². The summed E-state index contributed by atoms with van der Waals surface area (Å²) in [6.07, 6.45) is 6.03. The third kappa shape index (κ3) is 2.72. The van der Waals surface area contributed by atoms with Crippen molar-refractivity contribution in [1.82, 2.24) is 0 Å². The van der Waals surface area contributed by atoms with Crippen molar-refractivity contribution in [1.29, 1.82) is 0 Å². The Morgan fingerprint density at radius 1 is 1.07 bits per heavy atom. The Kier molecular flexibility index (Phi) is 4.10. The zero-order valence-electron chi connectivity index (χ0n) is 15.6. The zero-order valence-corrected chi connectivity index (χ0v) is 16.4. The topological polar surface area (TPSA) is 109 Å². The number of allylic oxidation sites excluding steroid dienone is 2. The van der Waals surface area contributed by atoms with E-state index in [9.17, 15) is 19.5 Å². The van der Waals surface area contributed by atoms with E-state index in [1.54, 1.807) is 0 Å². The number of hydrogen-bond acceptors (Lipinski definition) is 4. The molecule has 3 aliphatic carbocycles. The van der Waals surface area contributed by atoms with Crippen molar-refractivity contribution in [2.75, 3.05) is 5.32 Å². The number of carboxylic acids is 1. The van der Waals surface area contributed by atoms with Gasteiger partial charge in [0.25, 0.3) is 5.91 Å². The largest absolute Gasteiger partial charge is 0.481 e. The van der Waals surface area contributed by atoms with Crippen LogP contribution in [0.4, 0.5) is 5.00 Å². The van der Waals surface area contributed by atoms with Crippen LogP contribution in [0.15, 0.2) is 36.4 Å². The Morgan fingerprint density at radius 3 is 2.52 bits per heavy atom. The number of anilines is 1. The molecular weight excluding hydrogens is 388 g/mol. The lowest BCUT2D eigenvalue weighted by molar-refractivity contribution is -0.146. The third-order valence-electron chi connectivity index (χ3n) is 6.44. The predicted octanol–water partition coefficient (Wildman–Crippen LogP) is 3.07. The van der Waals surface area contributed by atoms with Crippen LogP contribution in [0.1, 0.15) is 27.9 Å². The first-order chi connectivity index (χ1) is 14.0. The average molecular weight is 408 g/mol. The maximum Gasteiger partial charge on any atom is 0.307 e. The summed E-state index contributed by atoms with van der Waals surface area (Å²) in [7, 11) is 0. The van der Waals surface area contributed by atoms with Crippen molar-refractivity contribution in [3.05, 3.63) is 53.1 Å². The molecule has 0 radical (unpaired) electrons. The van der Waals surface area contributed by atoms with Gasteiger partial charge in [-0.3, -0.25) is 14.4 Å². The van der Waals surface area contributed by atoms with Crippen LogP contribution >= 0.6 is 11.3 Å². The molecule has 1 aromatic carbocycles. The minimum atomic E-state index is -0.948. The number of primary amides is 1. The summed E-state index contributed by atoms with van der Waals surface area (Å²) in [6, 6.07) is 8.03. The number of carbonyl (C=O) groups excluding carboxylic acids is 2. The average Bonchev–Trinajstić information content (AvgIpc) is 3.39. The van der Waals surface area contributed by atoms with Crippen LogP contribution < -0.4 is 11.1 Å². The molecule has 1 heterocycles. The van der Waals surface area contributed by atoms with Crippen molar-refractivity contribution >= 4 is 34.1 Å². The minimum absolute atomic E-state index is 0.0755. The number of carbonyl (C=O) groups is 3. The molecule has 2 bridgehead atoms. The molecule has 1 aromatic heterocycles. The Balaban J connectivity index is 1.52. The van der Waals surface area contributed by atoms with Crippen LogP contribution in [0.25, 0.3) is 10.4 Å². The number of rotatable bonds is 4. The smallest absolute Gasteiger partial charge is 0.307 e. The van der Waals surface area contributed by atoms with Crippen LogP contribution in [0.2, 0.25) is 0 Å². The predicted molar refractivity (Wildman–Crippen MR) is 110 cm³/mol. The maximum atomic E-state index is 13.1. The molecule has 1 fully saturated rings. The van der Waals surface area contributed by atoms with Gasteiger partial charge in [0.2, 0.25) is 5.91 Å². The molecule has 5 rings (SSSR count). The summed E-state index contributed by atoms with van der Waals surface area (Å²) in [5.41, 5.74) is 9.18. The van der Waals surface area contributed by atoms with Gasteiger partial charge in [-0.25, -0.2) is 0 Å². The summed E-state index contributed by atoms with van der Waals surface area (Å²) < 4.78 is 0. The molecule has 148 valence electrons. The fourth-order valence-electron chi connectivity index (χ4n) is 5.20. The monoisotopic (exact) mass is 408 g/mol. The standard InChI is InChI=1S/C22H20N2O4S/c23-19(25)17-14-8-7-10-3-1-2-4-13(10)18(14)29-21(17)24-20(26)15-11-5-6-12(9-11)16(15)22(27)28/h1-6,11-12,15-16H,7-9H2,(H2,23,25)(H,24,26)(H,27,28)/t11-,12+,15+,16+/m1/s1. The normalized spacial score (nSPS) is 26.1. The van der Waals surface area contributed by atoms with Gasteiger partial charge in [-0.2, -0.15) is 0 Å². The third-order valence-corrected chi connectivity index (χ3v) is 7.62. The first-order valence-electron chi connectivity index (χ1n) is 9.71. The molecule has 3 aliphatic rings. The number of aliphatic carboxylic acids is 1. The van der Waals surface area contributed by atoms with Crippen molar-refractivity contribution in [2.24, 2.45) is 29.4 Å². The second-order valence-corrected chi connectivity index (χ2v) is 8.98. The van der Waals surface area contributed by atoms with Crippen LogP contribution in [-0.2, 0) is 22.4 Å². The molecule has 0 aliphatic heterocycles. The summed E-state index contributed by atoms with van der Waals surface area (Å²) in [6.45, 7) is 0. The molecule has 2 aromatic rings. The van der Waals surface area contributed by atoms with Gasteiger partial charge in [0.15, 0.2) is 0 Å². The van der Waals surface area contributed by atoms with E-state index in [0.29, 0.717) is 23.4 Å². The number of nitrogens with one attached hydrogen (secondary N) is 1. The summed E-state index contributed by atoms with van der Waals surface area (Å²) >= 11 is 1.35. The SMILES string of the molecule is NC(=O)c1c(NC(=O)[C@@H]2[C@@H](C(=O)O)[C@H]3C=C[C@@H]2C3)sc2c1CCc1ccccc1-2. The molecule has 1 saturated carbocycles. The van der Waals surface area contributed by atoms with E-state index in [1.165, 1.54) is 16.9 Å². The van der Waals surface area contributed by atoms with Crippen LogP contribution in [0.3, 0.4) is 0 Å². The van der Waals surface area contributed by atoms with Crippen LogP contribution in [-0.4, -0.2) is 22.9 Å². The summed E-state index contributed by atoms with van der Waals surface area (Å²) in [5.74, 6) is -3.40. The van der Waals surface area contributed by atoms with Gasteiger partial charge in [0, 0.05) is 4.88 Å². The second-order valence-electron chi connectivity index (χ2n) is 7.96. The number of amides is 2. The second kappa shape index (κ2) is 6.56. The zero-order chi connectivity index (χ0) is 20.3. The van der Waals surface area contributed by atoms with Gasteiger partial charge in [-0.15, -0.1) is 11.3 Å². The number of thiophene rings is 1. The van der Waals surface area contributed by atoms with E-state index < -0.39 is 23.7 Å². The maximum absolute atomic E-state index is 13.1. The lowest BCUT2D eigenvalue weighted by Gasteiger charge is -2.23. The molecule has 29 heavy (non-hydrogen) atoms. The number of carboxylic acid groups (broad SMARTS) is 1. The van der Waals surface area contributed by atoms with Crippen LogP contribution in [0, 0.1) is 23.7 Å². The van der Waals surface area contributed by atoms with Gasteiger partial charge in [-0.05, 0) is 47.8 Å². The molecule has 4 N–H and O–H groups in total. The molecule has 0 spiro atoms. The lowest BCUT2D eigenvalue weighted by atomic mass is 9.82. The van der Waals surface area contributed by atoms with Gasteiger partial charge < -0.3 is 16.2 Å². The van der Waals surface area contributed by atoms with E-state index in [2.05, 4.69) is 11.4 Å². The summed E-state index contributed by atoms with van der Waals surface area (Å²) in [4.78, 5) is 38.0. The van der Waals surface area contributed by atoms with Crippen molar-refractivity contribution < 1.29 is 19.5 Å². The van der Waals surface area contributed by atoms with Crippen molar-refractivity contribution in [3.63, 3.8) is 0 Å². The minimum Gasteiger partial charge on any atom is -0.481 e. The molecule has 6 nitrogen and oxygen atoms in total. The highest BCUT2D eigenvalue weighted by Gasteiger charge is 2.51. The van der Waals surface area contributed by atoms with E-state index in [0.717, 1.165) is 22.4 Å². The molecule has 0 saturated heterocycles. The Hall–Kier alpha value is -2.93. The fourth-order valence-corrected chi connectivity index (χ4v) is 6.52. The Labute approximate surface area is 171 Å².